The first kappa shape index (κ1) is 21.6. The number of nitro groups is 1. The van der Waals surface area contributed by atoms with Crippen LogP contribution in [0.25, 0.3) is 6.08 Å². The fourth-order valence-corrected chi connectivity index (χ4v) is 3.74. The molecule has 3 rings (SSSR count). The van der Waals surface area contributed by atoms with Gasteiger partial charge in [0.25, 0.3) is 11.6 Å². The van der Waals surface area contributed by atoms with E-state index in [1.54, 1.807) is 25.3 Å². The van der Waals surface area contributed by atoms with E-state index in [2.05, 4.69) is 0 Å². The largest absolute Gasteiger partial charge is 0.493 e. The Balaban J connectivity index is 1.58. The molecular formula is C20H18N2O6S2. The number of rotatable bonds is 8. The molecule has 0 bridgehead atoms. The molecular weight excluding hydrogens is 428 g/mol. The zero-order valence-corrected chi connectivity index (χ0v) is 17.8. The van der Waals surface area contributed by atoms with Crippen LogP contribution >= 0.6 is 24.0 Å². The lowest BCUT2D eigenvalue weighted by atomic mass is 10.2. The third-order valence-electron chi connectivity index (χ3n) is 4.13. The van der Waals surface area contributed by atoms with Crippen molar-refractivity contribution in [3.8, 4) is 17.2 Å². The average molecular weight is 447 g/mol. The number of likely N-dealkylation sites (N-methyl/N-ethyl adjacent to an activating group) is 1. The van der Waals surface area contributed by atoms with Gasteiger partial charge in [-0.2, -0.15) is 0 Å². The maximum atomic E-state index is 12.1. The monoisotopic (exact) mass is 446 g/mol. The lowest BCUT2D eigenvalue weighted by Crippen LogP contribution is -2.22. The summed E-state index contributed by atoms with van der Waals surface area (Å²) in [5.74, 6) is 1.43. The maximum Gasteiger partial charge on any atom is 0.269 e. The lowest BCUT2D eigenvalue weighted by Gasteiger charge is -2.12. The van der Waals surface area contributed by atoms with Crippen LogP contribution in [0.1, 0.15) is 5.56 Å². The molecule has 1 saturated heterocycles. The predicted molar refractivity (Wildman–Crippen MR) is 118 cm³/mol. The first-order chi connectivity index (χ1) is 14.4. The second-order valence-corrected chi connectivity index (χ2v) is 7.77. The molecule has 0 spiro atoms. The summed E-state index contributed by atoms with van der Waals surface area (Å²) in [5.41, 5.74) is 0.792. The van der Waals surface area contributed by atoms with Gasteiger partial charge in [-0.3, -0.25) is 19.8 Å². The minimum atomic E-state index is -0.466. The predicted octanol–water partition coefficient (Wildman–Crippen LogP) is 3.89. The van der Waals surface area contributed by atoms with Crippen molar-refractivity contribution >= 4 is 46.0 Å². The van der Waals surface area contributed by atoms with Gasteiger partial charge in [0.2, 0.25) is 0 Å². The molecule has 1 aliphatic rings. The van der Waals surface area contributed by atoms with Gasteiger partial charge in [-0.1, -0.05) is 30.0 Å². The Kier molecular flexibility index (Phi) is 6.91. The molecule has 2 aromatic rings. The number of methoxy groups -OCH3 is 1. The van der Waals surface area contributed by atoms with E-state index in [1.165, 1.54) is 48.0 Å². The Hall–Kier alpha value is -3.11. The van der Waals surface area contributed by atoms with Crippen LogP contribution in [-0.2, 0) is 4.79 Å². The van der Waals surface area contributed by atoms with E-state index < -0.39 is 4.92 Å². The molecule has 0 radical (unpaired) electrons. The molecule has 30 heavy (non-hydrogen) atoms. The Morgan fingerprint density at radius 2 is 1.83 bits per heavy atom. The fraction of sp³-hybridized carbons (Fsp3) is 0.200. The van der Waals surface area contributed by atoms with Crippen molar-refractivity contribution in [2.75, 3.05) is 27.4 Å². The van der Waals surface area contributed by atoms with Gasteiger partial charge < -0.3 is 14.2 Å². The van der Waals surface area contributed by atoms with Crippen molar-refractivity contribution in [2.45, 2.75) is 0 Å². The molecule has 0 aromatic heterocycles. The number of nitro benzene ring substituents is 1. The molecule has 0 unspecified atom stereocenters. The van der Waals surface area contributed by atoms with E-state index in [1.807, 2.05) is 6.07 Å². The highest BCUT2D eigenvalue weighted by atomic mass is 32.2. The van der Waals surface area contributed by atoms with Crippen molar-refractivity contribution in [2.24, 2.45) is 0 Å². The summed E-state index contributed by atoms with van der Waals surface area (Å²) >= 11 is 6.39. The highest BCUT2D eigenvalue weighted by Crippen LogP contribution is 2.34. The average Bonchev–Trinajstić information content (AvgIpc) is 2.98. The number of hydrogen-bond donors (Lipinski definition) is 0. The van der Waals surface area contributed by atoms with E-state index in [0.717, 1.165) is 5.56 Å². The molecule has 10 heteroatoms. The Bertz CT molecular complexity index is 1010. The number of non-ortho nitro benzene ring substituents is 1. The van der Waals surface area contributed by atoms with Crippen molar-refractivity contribution in [3.63, 3.8) is 0 Å². The van der Waals surface area contributed by atoms with Crippen LogP contribution in [-0.4, -0.2) is 47.4 Å². The summed E-state index contributed by atoms with van der Waals surface area (Å²) in [7, 11) is 3.18. The second-order valence-electron chi connectivity index (χ2n) is 6.10. The van der Waals surface area contributed by atoms with Gasteiger partial charge in [0.1, 0.15) is 23.3 Å². The number of thiocarbonyl (C=S) groups is 1. The van der Waals surface area contributed by atoms with E-state index in [9.17, 15) is 14.9 Å². The molecule has 1 fully saturated rings. The van der Waals surface area contributed by atoms with Crippen LogP contribution < -0.4 is 14.2 Å². The molecule has 0 saturated carbocycles. The zero-order valence-electron chi connectivity index (χ0n) is 16.2. The summed E-state index contributed by atoms with van der Waals surface area (Å²) in [4.78, 5) is 24.3. The van der Waals surface area contributed by atoms with Crippen LogP contribution in [0, 0.1) is 10.1 Å². The number of hydrogen-bond acceptors (Lipinski definition) is 8. The molecule has 2 aromatic carbocycles. The molecule has 1 amide bonds. The van der Waals surface area contributed by atoms with Gasteiger partial charge in [0.15, 0.2) is 11.5 Å². The Morgan fingerprint density at radius 1 is 1.13 bits per heavy atom. The van der Waals surface area contributed by atoms with E-state index in [-0.39, 0.29) is 24.8 Å². The fourth-order valence-electron chi connectivity index (χ4n) is 2.57. The summed E-state index contributed by atoms with van der Waals surface area (Å²) in [5, 5.41) is 10.7. The quantitative estimate of drug-likeness (QED) is 0.198. The molecule has 8 nitrogen and oxygen atoms in total. The van der Waals surface area contributed by atoms with Gasteiger partial charge in [-0.05, 0) is 35.9 Å². The van der Waals surface area contributed by atoms with Crippen LogP contribution in [0.5, 0.6) is 17.2 Å². The topological polar surface area (TPSA) is 91.1 Å². The van der Waals surface area contributed by atoms with Crippen LogP contribution in [0.3, 0.4) is 0 Å². The summed E-state index contributed by atoms with van der Waals surface area (Å²) in [6.07, 6.45) is 1.76. The number of thioether (sulfide) groups is 1. The molecule has 156 valence electrons. The van der Waals surface area contributed by atoms with Crippen LogP contribution in [0.4, 0.5) is 5.69 Å². The van der Waals surface area contributed by atoms with E-state index in [4.69, 9.17) is 26.4 Å². The first-order valence-electron chi connectivity index (χ1n) is 8.78. The second kappa shape index (κ2) is 9.59. The van der Waals surface area contributed by atoms with Gasteiger partial charge in [0, 0.05) is 19.2 Å². The molecule has 1 heterocycles. The van der Waals surface area contributed by atoms with Crippen LogP contribution in [0.15, 0.2) is 47.4 Å². The molecule has 1 aliphatic heterocycles. The smallest absolute Gasteiger partial charge is 0.269 e. The van der Waals surface area contributed by atoms with Gasteiger partial charge >= 0.3 is 0 Å². The third-order valence-corrected chi connectivity index (χ3v) is 5.61. The number of amides is 1. The van der Waals surface area contributed by atoms with Crippen LogP contribution in [0.2, 0.25) is 0 Å². The molecule has 0 atom stereocenters. The first-order valence-corrected chi connectivity index (χ1v) is 10.0. The van der Waals surface area contributed by atoms with Crippen molar-refractivity contribution < 1.29 is 23.9 Å². The standard InChI is InChI=1S/C20H18N2O6S2/c1-21-19(23)18(30-20(21)29)12-13-3-8-16(17(11-13)26-2)28-10-9-27-15-6-4-14(5-7-15)22(24)25/h3-8,11-12H,9-10H2,1-2H3. The third kappa shape index (κ3) is 5.08. The number of benzene rings is 2. The van der Waals surface area contributed by atoms with E-state index in [0.29, 0.717) is 26.5 Å². The maximum absolute atomic E-state index is 12.1. The zero-order chi connectivity index (χ0) is 21.7. The number of nitrogens with zero attached hydrogens (tertiary/aromatic N) is 2. The van der Waals surface area contributed by atoms with Gasteiger partial charge in [0.05, 0.1) is 16.9 Å². The van der Waals surface area contributed by atoms with Crippen molar-refractivity contribution in [3.05, 3.63) is 63.0 Å². The number of carbonyl (C=O) groups is 1. The lowest BCUT2D eigenvalue weighted by molar-refractivity contribution is -0.384. The minimum absolute atomic E-state index is 0.00423. The SMILES string of the molecule is COc1cc(C=C2SC(=S)N(C)C2=O)ccc1OCCOc1ccc([N+](=O)[O-])cc1. The normalized spacial score (nSPS) is 14.9. The number of carbonyl (C=O) groups excluding carboxylic acids is 1. The summed E-state index contributed by atoms with van der Waals surface area (Å²) < 4.78 is 17.1. The summed E-state index contributed by atoms with van der Waals surface area (Å²) in [6, 6.07) is 11.2. The van der Waals surface area contributed by atoms with Crippen molar-refractivity contribution in [1.82, 2.24) is 4.90 Å². The molecule has 0 N–H and O–H groups in total. The Labute approximate surface area is 182 Å². The van der Waals surface area contributed by atoms with Gasteiger partial charge in [-0.25, -0.2) is 0 Å². The minimum Gasteiger partial charge on any atom is -0.493 e. The number of ether oxygens (including phenoxy) is 3. The van der Waals surface area contributed by atoms with E-state index >= 15 is 0 Å². The Morgan fingerprint density at radius 3 is 2.43 bits per heavy atom. The highest BCUT2D eigenvalue weighted by molar-refractivity contribution is 8.26. The van der Waals surface area contributed by atoms with Crippen molar-refractivity contribution in [1.29, 1.82) is 0 Å². The van der Waals surface area contributed by atoms with Gasteiger partial charge in [-0.15, -0.1) is 0 Å². The summed E-state index contributed by atoms with van der Waals surface area (Å²) in [6.45, 7) is 0.503. The highest BCUT2D eigenvalue weighted by Gasteiger charge is 2.28. The molecule has 0 aliphatic carbocycles.